The summed E-state index contributed by atoms with van der Waals surface area (Å²) in [5.41, 5.74) is 5.52. The number of hydrogen-bond donors (Lipinski definition) is 0. The molecule has 0 saturated heterocycles. The van der Waals surface area contributed by atoms with Crippen molar-refractivity contribution < 1.29 is 4.39 Å². The molecule has 0 nitrogen and oxygen atoms in total. The molecule has 0 atom stereocenters. The fourth-order valence-electron chi connectivity index (χ4n) is 4.30. The Hall–Kier alpha value is -1.89. The van der Waals surface area contributed by atoms with Crippen LogP contribution in [0, 0.1) is 5.92 Å². The van der Waals surface area contributed by atoms with Gasteiger partial charge in [0.25, 0.3) is 0 Å². The third-order valence-corrected chi connectivity index (χ3v) is 6.11. The number of alkyl halides is 1. The highest BCUT2D eigenvalue weighted by Gasteiger charge is 2.21. The Balaban J connectivity index is 1.49. The second-order valence-corrected chi connectivity index (χ2v) is 7.92. The summed E-state index contributed by atoms with van der Waals surface area (Å²) in [5.74, 6) is 1.58. The largest absolute Gasteiger partial charge is 0.251 e. The zero-order valence-corrected chi connectivity index (χ0v) is 16.7. The smallest absolute Gasteiger partial charge is 0.0928 e. The van der Waals surface area contributed by atoms with E-state index in [0.717, 1.165) is 24.7 Å². The van der Waals surface area contributed by atoms with Gasteiger partial charge in [0.05, 0.1) is 6.67 Å². The summed E-state index contributed by atoms with van der Waals surface area (Å²) in [6, 6.07) is 18.2. The maximum Gasteiger partial charge on any atom is 0.0928 e. The molecular weight excluding hydrogens is 331 g/mol. The molecule has 1 aliphatic rings. The Bertz CT molecular complexity index is 688. The van der Waals surface area contributed by atoms with Gasteiger partial charge < -0.3 is 0 Å². The normalized spacial score (nSPS) is 20.2. The minimum atomic E-state index is -0.232. The van der Waals surface area contributed by atoms with Gasteiger partial charge in [0.1, 0.15) is 0 Å². The van der Waals surface area contributed by atoms with E-state index >= 15 is 0 Å². The molecule has 0 unspecified atom stereocenters. The summed E-state index contributed by atoms with van der Waals surface area (Å²) < 4.78 is 12.1. The van der Waals surface area contributed by atoms with Crippen molar-refractivity contribution in [3.8, 4) is 11.1 Å². The van der Waals surface area contributed by atoms with E-state index in [1.165, 1.54) is 54.4 Å². The molecule has 2 aromatic rings. The summed E-state index contributed by atoms with van der Waals surface area (Å²) in [4.78, 5) is 0. The molecule has 3 rings (SSSR count). The lowest BCUT2D eigenvalue weighted by Gasteiger charge is -2.28. The molecule has 144 valence electrons. The van der Waals surface area contributed by atoms with Gasteiger partial charge in [0.2, 0.25) is 0 Å². The molecule has 0 radical (unpaired) electrons. The molecule has 0 aliphatic heterocycles. The molecule has 0 heterocycles. The fraction of sp³-hybridized carbons (Fsp3) is 0.462. The van der Waals surface area contributed by atoms with Gasteiger partial charge in [-0.25, -0.2) is 0 Å². The second-order valence-electron chi connectivity index (χ2n) is 7.92. The summed E-state index contributed by atoms with van der Waals surface area (Å²) in [5, 5.41) is 0. The van der Waals surface area contributed by atoms with Gasteiger partial charge in [-0.1, -0.05) is 67.6 Å². The lowest BCUT2D eigenvalue weighted by Crippen LogP contribution is -2.13. The van der Waals surface area contributed by atoms with Gasteiger partial charge in [-0.15, -0.1) is 0 Å². The van der Waals surface area contributed by atoms with Gasteiger partial charge in [-0.3, -0.25) is 4.39 Å². The Morgan fingerprint density at radius 2 is 1.41 bits per heavy atom. The Morgan fingerprint density at radius 1 is 0.815 bits per heavy atom. The van der Waals surface area contributed by atoms with Crippen molar-refractivity contribution >= 4 is 0 Å². The highest BCUT2D eigenvalue weighted by molar-refractivity contribution is 5.64. The minimum Gasteiger partial charge on any atom is -0.251 e. The van der Waals surface area contributed by atoms with Crippen molar-refractivity contribution in [2.24, 2.45) is 5.92 Å². The predicted molar refractivity (Wildman–Crippen MR) is 115 cm³/mol. The van der Waals surface area contributed by atoms with Crippen LogP contribution in [0.4, 0.5) is 4.39 Å². The maximum absolute atomic E-state index is 12.1. The van der Waals surface area contributed by atoms with Crippen LogP contribution in [-0.4, -0.2) is 6.67 Å². The van der Waals surface area contributed by atoms with Gasteiger partial charge in [-0.2, -0.15) is 0 Å². The van der Waals surface area contributed by atoms with E-state index in [9.17, 15) is 4.39 Å². The van der Waals surface area contributed by atoms with Crippen LogP contribution in [0.2, 0.25) is 0 Å². The number of rotatable bonds is 8. The highest BCUT2D eigenvalue weighted by atomic mass is 19.1. The Labute approximate surface area is 164 Å². The zero-order valence-electron chi connectivity index (χ0n) is 16.7. The molecule has 27 heavy (non-hydrogen) atoms. The van der Waals surface area contributed by atoms with Crippen LogP contribution in [0.15, 0.2) is 60.7 Å². The quantitative estimate of drug-likeness (QED) is 0.418. The van der Waals surface area contributed by atoms with Gasteiger partial charge in [-0.05, 0) is 85.5 Å². The summed E-state index contributed by atoms with van der Waals surface area (Å²) >= 11 is 0. The van der Waals surface area contributed by atoms with E-state index in [-0.39, 0.29) is 6.67 Å². The van der Waals surface area contributed by atoms with Crippen LogP contribution in [0.5, 0.6) is 0 Å². The average molecular weight is 365 g/mol. The van der Waals surface area contributed by atoms with Gasteiger partial charge in [0.15, 0.2) is 0 Å². The van der Waals surface area contributed by atoms with E-state index in [2.05, 4.69) is 61.5 Å². The first-order valence-corrected chi connectivity index (χ1v) is 10.7. The third-order valence-electron chi connectivity index (χ3n) is 6.11. The number of halogens is 1. The predicted octanol–water partition coefficient (Wildman–Crippen LogP) is 7.89. The summed E-state index contributed by atoms with van der Waals surface area (Å²) in [7, 11) is 0. The number of benzene rings is 2. The third kappa shape index (κ3) is 5.79. The van der Waals surface area contributed by atoms with E-state index < -0.39 is 0 Å². The van der Waals surface area contributed by atoms with Crippen molar-refractivity contribution in [1.29, 1.82) is 0 Å². The SMILES string of the molecule is CCc1ccc(-c2ccc(C3CCC(CCC=CCCF)CC3)cc2)cc1. The van der Waals surface area contributed by atoms with Gasteiger partial charge in [0, 0.05) is 0 Å². The Kier molecular flexibility index (Phi) is 7.68. The fourth-order valence-corrected chi connectivity index (χ4v) is 4.30. The lowest BCUT2D eigenvalue weighted by atomic mass is 9.77. The van der Waals surface area contributed by atoms with Crippen molar-refractivity contribution in [1.82, 2.24) is 0 Å². The average Bonchev–Trinajstić information content (AvgIpc) is 2.74. The van der Waals surface area contributed by atoms with Crippen LogP contribution in [-0.2, 0) is 6.42 Å². The molecule has 2 aromatic carbocycles. The lowest BCUT2D eigenvalue weighted by molar-refractivity contribution is 0.312. The maximum atomic E-state index is 12.1. The molecule has 0 bridgehead atoms. The molecule has 0 amide bonds. The van der Waals surface area contributed by atoms with E-state index in [0.29, 0.717) is 6.42 Å². The number of hydrogen-bond acceptors (Lipinski definition) is 0. The minimum absolute atomic E-state index is 0.232. The molecule has 0 spiro atoms. The summed E-state index contributed by atoms with van der Waals surface area (Å²) in [6.07, 6.45) is 13.5. The first-order valence-electron chi connectivity index (χ1n) is 10.7. The van der Waals surface area contributed by atoms with Crippen molar-refractivity contribution in [2.45, 2.75) is 64.2 Å². The monoisotopic (exact) mass is 364 g/mol. The van der Waals surface area contributed by atoms with E-state index in [1.807, 2.05) is 6.08 Å². The number of allylic oxidation sites excluding steroid dienone is 2. The highest BCUT2D eigenvalue weighted by Crippen LogP contribution is 2.38. The van der Waals surface area contributed by atoms with Crippen LogP contribution in [0.3, 0.4) is 0 Å². The zero-order chi connectivity index (χ0) is 18.9. The van der Waals surface area contributed by atoms with E-state index in [1.54, 1.807) is 0 Å². The molecule has 1 aliphatic carbocycles. The van der Waals surface area contributed by atoms with Crippen molar-refractivity contribution in [3.05, 3.63) is 71.8 Å². The van der Waals surface area contributed by atoms with Crippen LogP contribution >= 0.6 is 0 Å². The Morgan fingerprint density at radius 3 is 2.00 bits per heavy atom. The first kappa shape index (κ1) is 19.9. The molecule has 0 aromatic heterocycles. The first-order chi connectivity index (χ1) is 13.3. The van der Waals surface area contributed by atoms with Crippen LogP contribution < -0.4 is 0 Å². The van der Waals surface area contributed by atoms with Crippen LogP contribution in [0.25, 0.3) is 11.1 Å². The standard InChI is InChI=1S/C26H33F/c1-2-21-8-12-23(13-9-21)25-16-18-26(19-17-25)24-14-10-22(11-15-24)7-5-3-4-6-20-27/h3-4,8-9,12-13,16-19,22,24H,2,5-7,10-11,14-15,20H2,1H3. The molecule has 1 heteroatoms. The molecular formula is C26H33F. The van der Waals surface area contributed by atoms with Crippen LogP contribution in [0.1, 0.15) is 68.9 Å². The topological polar surface area (TPSA) is 0 Å². The van der Waals surface area contributed by atoms with Gasteiger partial charge >= 0.3 is 0 Å². The van der Waals surface area contributed by atoms with Crippen molar-refractivity contribution in [2.75, 3.05) is 6.67 Å². The summed E-state index contributed by atoms with van der Waals surface area (Å²) in [6.45, 7) is 1.96. The van der Waals surface area contributed by atoms with E-state index in [4.69, 9.17) is 0 Å². The molecule has 1 saturated carbocycles. The van der Waals surface area contributed by atoms with Crippen molar-refractivity contribution in [3.63, 3.8) is 0 Å². The molecule has 1 fully saturated rings. The number of aryl methyl sites for hydroxylation is 1. The molecule has 0 N–H and O–H groups in total. The second kappa shape index (κ2) is 10.4.